The summed E-state index contributed by atoms with van der Waals surface area (Å²) in [5.41, 5.74) is 1.61. The lowest BCUT2D eigenvalue weighted by Crippen LogP contribution is -2.26. The van der Waals surface area contributed by atoms with Crippen LogP contribution in [-0.4, -0.2) is 24.5 Å². The number of hydrogen-bond acceptors (Lipinski definition) is 1. The Morgan fingerprint density at radius 2 is 2.25 bits per heavy atom. The first kappa shape index (κ1) is 9.79. The summed E-state index contributed by atoms with van der Waals surface area (Å²) < 4.78 is 0. The fourth-order valence-corrected chi connectivity index (χ4v) is 1.99. The van der Waals surface area contributed by atoms with Crippen LogP contribution in [0.15, 0.2) is 11.6 Å². The first-order chi connectivity index (χ1) is 5.63. The van der Waals surface area contributed by atoms with E-state index in [-0.39, 0.29) is 0 Å². The van der Waals surface area contributed by atoms with Crippen molar-refractivity contribution in [1.82, 2.24) is 4.90 Å². The average Bonchev–Trinajstić information content (AvgIpc) is 2.31. The van der Waals surface area contributed by atoms with Gasteiger partial charge < -0.3 is 0 Å². The van der Waals surface area contributed by atoms with Crippen LogP contribution in [-0.2, 0) is 0 Å². The van der Waals surface area contributed by atoms with Gasteiger partial charge in [0, 0.05) is 12.6 Å². The lowest BCUT2D eigenvalue weighted by molar-refractivity contribution is 0.273. The molecular formula is C11H21N. The van der Waals surface area contributed by atoms with Gasteiger partial charge in [-0.1, -0.05) is 25.5 Å². The van der Waals surface area contributed by atoms with E-state index in [9.17, 15) is 0 Å². The topological polar surface area (TPSA) is 3.24 Å². The summed E-state index contributed by atoms with van der Waals surface area (Å²) in [4.78, 5) is 2.48. The molecule has 1 atom stereocenters. The molecule has 1 nitrogen and oxygen atoms in total. The van der Waals surface area contributed by atoms with Crippen molar-refractivity contribution >= 4 is 0 Å². The molecule has 0 aromatic carbocycles. The van der Waals surface area contributed by atoms with E-state index < -0.39 is 0 Å². The lowest BCUT2D eigenvalue weighted by Gasteiger charge is -2.20. The molecule has 1 aliphatic heterocycles. The molecule has 1 saturated heterocycles. The smallest absolute Gasteiger partial charge is 0.0193 e. The van der Waals surface area contributed by atoms with E-state index in [0.717, 1.165) is 12.0 Å². The molecule has 0 saturated carbocycles. The van der Waals surface area contributed by atoms with Crippen LogP contribution in [0.2, 0.25) is 0 Å². The van der Waals surface area contributed by atoms with Gasteiger partial charge in [0.15, 0.2) is 0 Å². The maximum atomic E-state index is 2.48. The van der Waals surface area contributed by atoms with E-state index in [1.807, 2.05) is 0 Å². The zero-order chi connectivity index (χ0) is 9.14. The number of nitrogens with zero attached hydrogens (tertiary/aromatic N) is 1. The fraction of sp³-hybridized carbons (Fsp3) is 0.818. The summed E-state index contributed by atoms with van der Waals surface area (Å²) >= 11 is 0. The third-order valence-electron chi connectivity index (χ3n) is 2.73. The summed E-state index contributed by atoms with van der Waals surface area (Å²) in [6, 6.07) is 0.802. The van der Waals surface area contributed by atoms with Crippen LogP contribution in [0.25, 0.3) is 0 Å². The fourth-order valence-electron chi connectivity index (χ4n) is 1.99. The van der Waals surface area contributed by atoms with Gasteiger partial charge in [0.05, 0.1) is 0 Å². The van der Waals surface area contributed by atoms with E-state index in [1.165, 1.54) is 19.4 Å². The standard InChI is InChI=1S/C11H21N/c1-5-10-7-11(6-9(2)3)12(4)8-10/h5,9,11H,6-8H2,1-4H3/b10-5-. The average molecular weight is 167 g/mol. The minimum Gasteiger partial charge on any atom is -0.299 e. The molecule has 0 N–H and O–H groups in total. The number of rotatable bonds is 2. The van der Waals surface area contributed by atoms with Gasteiger partial charge in [0.2, 0.25) is 0 Å². The summed E-state index contributed by atoms with van der Waals surface area (Å²) in [5, 5.41) is 0. The molecule has 0 bridgehead atoms. The van der Waals surface area contributed by atoms with Crippen LogP contribution in [0.5, 0.6) is 0 Å². The van der Waals surface area contributed by atoms with Gasteiger partial charge in [-0.05, 0) is 32.7 Å². The van der Waals surface area contributed by atoms with Crippen molar-refractivity contribution in [1.29, 1.82) is 0 Å². The first-order valence-electron chi connectivity index (χ1n) is 4.97. The van der Waals surface area contributed by atoms with Crippen LogP contribution < -0.4 is 0 Å². The van der Waals surface area contributed by atoms with Crippen LogP contribution in [0.1, 0.15) is 33.6 Å². The summed E-state index contributed by atoms with van der Waals surface area (Å²) in [5.74, 6) is 0.827. The molecule has 1 fully saturated rings. The molecule has 0 aromatic heterocycles. The van der Waals surface area contributed by atoms with Gasteiger partial charge in [-0.25, -0.2) is 0 Å². The molecule has 1 heterocycles. The van der Waals surface area contributed by atoms with Gasteiger partial charge in [-0.15, -0.1) is 0 Å². The largest absolute Gasteiger partial charge is 0.299 e. The van der Waals surface area contributed by atoms with Gasteiger partial charge in [0.1, 0.15) is 0 Å². The number of likely N-dealkylation sites (N-methyl/N-ethyl adjacent to an activating group) is 1. The van der Waals surface area contributed by atoms with E-state index in [2.05, 4.69) is 38.8 Å². The van der Waals surface area contributed by atoms with Gasteiger partial charge in [-0.3, -0.25) is 4.90 Å². The molecule has 0 amide bonds. The van der Waals surface area contributed by atoms with E-state index in [1.54, 1.807) is 5.57 Å². The van der Waals surface area contributed by atoms with Crippen LogP contribution in [0, 0.1) is 5.92 Å². The molecule has 1 aliphatic rings. The van der Waals surface area contributed by atoms with Crippen molar-refractivity contribution in [2.45, 2.75) is 39.7 Å². The second kappa shape index (κ2) is 4.08. The maximum Gasteiger partial charge on any atom is 0.0193 e. The highest BCUT2D eigenvalue weighted by atomic mass is 15.1. The molecule has 1 rings (SSSR count). The van der Waals surface area contributed by atoms with Crippen LogP contribution >= 0.6 is 0 Å². The minimum absolute atomic E-state index is 0.802. The Labute approximate surface area is 76.5 Å². The third kappa shape index (κ3) is 2.34. The van der Waals surface area contributed by atoms with Crippen molar-refractivity contribution in [2.75, 3.05) is 13.6 Å². The van der Waals surface area contributed by atoms with Crippen molar-refractivity contribution in [2.24, 2.45) is 5.92 Å². The zero-order valence-electron chi connectivity index (χ0n) is 8.80. The van der Waals surface area contributed by atoms with E-state index in [4.69, 9.17) is 0 Å². The SMILES string of the molecule is C/C=C1/CC(CC(C)C)N(C)C1. The molecule has 12 heavy (non-hydrogen) atoms. The Morgan fingerprint density at radius 1 is 1.58 bits per heavy atom. The lowest BCUT2D eigenvalue weighted by atomic mass is 10.0. The summed E-state index contributed by atoms with van der Waals surface area (Å²) in [6.07, 6.45) is 4.91. The quantitative estimate of drug-likeness (QED) is 0.572. The highest BCUT2D eigenvalue weighted by Crippen LogP contribution is 2.25. The molecule has 1 heteroatoms. The Morgan fingerprint density at radius 3 is 2.67 bits per heavy atom. The predicted molar refractivity (Wildman–Crippen MR) is 54.2 cm³/mol. The number of likely N-dealkylation sites (tertiary alicyclic amines) is 1. The second-order valence-electron chi connectivity index (χ2n) is 4.35. The van der Waals surface area contributed by atoms with Gasteiger partial charge >= 0.3 is 0 Å². The predicted octanol–water partition coefficient (Wildman–Crippen LogP) is 2.68. The van der Waals surface area contributed by atoms with Crippen molar-refractivity contribution in [3.05, 3.63) is 11.6 Å². The second-order valence-corrected chi connectivity index (χ2v) is 4.35. The molecule has 0 radical (unpaired) electrons. The van der Waals surface area contributed by atoms with Crippen LogP contribution in [0.4, 0.5) is 0 Å². The number of allylic oxidation sites excluding steroid dienone is 1. The summed E-state index contributed by atoms with van der Waals surface area (Å²) in [6.45, 7) is 7.96. The third-order valence-corrected chi connectivity index (χ3v) is 2.73. The van der Waals surface area contributed by atoms with Crippen LogP contribution in [0.3, 0.4) is 0 Å². The zero-order valence-corrected chi connectivity index (χ0v) is 8.80. The van der Waals surface area contributed by atoms with Crippen molar-refractivity contribution < 1.29 is 0 Å². The highest BCUT2D eigenvalue weighted by molar-refractivity contribution is 5.11. The monoisotopic (exact) mass is 167 g/mol. The number of hydrogen-bond donors (Lipinski definition) is 0. The molecular weight excluding hydrogens is 146 g/mol. The molecule has 0 aromatic rings. The normalized spacial score (nSPS) is 29.1. The maximum absolute atomic E-state index is 2.48. The molecule has 1 unspecified atom stereocenters. The Kier molecular flexibility index (Phi) is 3.33. The Bertz CT molecular complexity index is 170. The van der Waals surface area contributed by atoms with Crippen molar-refractivity contribution in [3.8, 4) is 0 Å². The van der Waals surface area contributed by atoms with Gasteiger partial charge in [0.25, 0.3) is 0 Å². The van der Waals surface area contributed by atoms with Gasteiger partial charge in [-0.2, -0.15) is 0 Å². The van der Waals surface area contributed by atoms with E-state index in [0.29, 0.717) is 0 Å². The first-order valence-corrected chi connectivity index (χ1v) is 4.97. The van der Waals surface area contributed by atoms with E-state index >= 15 is 0 Å². The molecule has 0 spiro atoms. The van der Waals surface area contributed by atoms with Crippen molar-refractivity contribution in [3.63, 3.8) is 0 Å². The minimum atomic E-state index is 0.802. The Hall–Kier alpha value is -0.300. The molecule has 70 valence electrons. The highest BCUT2D eigenvalue weighted by Gasteiger charge is 2.24. The Balaban J connectivity index is 2.46. The summed E-state index contributed by atoms with van der Waals surface area (Å²) in [7, 11) is 2.24. The molecule has 0 aliphatic carbocycles.